The number of benzene rings is 2. The number of hydrogen-bond donors (Lipinski definition) is 3. The molecule has 1 heterocycles. The van der Waals surface area contributed by atoms with Gasteiger partial charge in [0.2, 0.25) is 5.91 Å². The molecule has 0 saturated carbocycles. The van der Waals surface area contributed by atoms with Crippen LogP contribution in [-0.2, 0) is 21.2 Å². The average Bonchev–Trinajstić information content (AvgIpc) is 2.86. The van der Waals surface area contributed by atoms with Crippen molar-refractivity contribution < 1.29 is 23.1 Å². The number of rotatable bonds is 4. The Morgan fingerprint density at radius 3 is 2.48 bits per heavy atom. The number of nitrogens with one attached hydrogen (secondary N) is 2. The third-order valence-corrected chi connectivity index (χ3v) is 4.79. The standard InChI is InChI=1S/C15H12N2O5S/c18-14-8-10-7-11(3-6-13(10)16-14)17-23(21,22)12-4-1-9(2-5-12)15(19)20/h1-7,17H,8H2,(H,16,18)(H,19,20). The molecular weight excluding hydrogens is 320 g/mol. The highest BCUT2D eigenvalue weighted by molar-refractivity contribution is 7.92. The second-order valence-corrected chi connectivity index (χ2v) is 6.71. The molecule has 1 amide bonds. The fraction of sp³-hybridized carbons (Fsp3) is 0.0667. The van der Waals surface area contributed by atoms with Crippen LogP contribution in [0.4, 0.5) is 11.4 Å². The van der Waals surface area contributed by atoms with Crippen LogP contribution < -0.4 is 10.0 Å². The van der Waals surface area contributed by atoms with Gasteiger partial charge < -0.3 is 10.4 Å². The Kier molecular flexibility index (Phi) is 3.53. The van der Waals surface area contributed by atoms with Gasteiger partial charge in [0.05, 0.1) is 16.9 Å². The first kappa shape index (κ1) is 15.0. The largest absolute Gasteiger partial charge is 0.478 e. The van der Waals surface area contributed by atoms with Gasteiger partial charge in [0.1, 0.15) is 0 Å². The Balaban J connectivity index is 1.85. The minimum absolute atomic E-state index is 0.00562. The second kappa shape index (κ2) is 5.40. The minimum Gasteiger partial charge on any atom is -0.478 e. The molecule has 0 bridgehead atoms. The van der Waals surface area contributed by atoms with Crippen LogP contribution in [0.3, 0.4) is 0 Å². The summed E-state index contributed by atoms with van der Waals surface area (Å²) in [7, 11) is -3.84. The highest BCUT2D eigenvalue weighted by Crippen LogP contribution is 2.27. The Hall–Kier alpha value is -2.87. The smallest absolute Gasteiger partial charge is 0.335 e. The maximum atomic E-state index is 12.3. The topological polar surface area (TPSA) is 113 Å². The van der Waals surface area contributed by atoms with Crippen molar-refractivity contribution in [1.29, 1.82) is 0 Å². The van der Waals surface area contributed by atoms with Crippen molar-refractivity contribution >= 4 is 33.3 Å². The minimum atomic E-state index is -3.84. The molecule has 0 fully saturated rings. The van der Waals surface area contributed by atoms with Gasteiger partial charge in [-0.2, -0.15) is 0 Å². The van der Waals surface area contributed by atoms with Crippen molar-refractivity contribution in [2.45, 2.75) is 11.3 Å². The number of amides is 1. The number of anilines is 2. The molecule has 3 N–H and O–H groups in total. The van der Waals surface area contributed by atoms with E-state index in [9.17, 15) is 18.0 Å². The number of carbonyl (C=O) groups is 2. The Bertz CT molecular complexity index is 904. The molecule has 2 aromatic rings. The molecule has 0 saturated heterocycles. The lowest BCUT2D eigenvalue weighted by Crippen LogP contribution is -2.13. The summed E-state index contributed by atoms with van der Waals surface area (Å²) in [6.07, 6.45) is 0.207. The zero-order chi connectivity index (χ0) is 16.6. The van der Waals surface area contributed by atoms with Crippen LogP contribution in [0.5, 0.6) is 0 Å². The van der Waals surface area contributed by atoms with E-state index in [0.29, 0.717) is 11.4 Å². The number of carbonyl (C=O) groups excluding carboxylic acids is 1. The predicted molar refractivity (Wildman–Crippen MR) is 83.0 cm³/mol. The van der Waals surface area contributed by atoms with Crippen LogP contribution in [0.15, 0.2) is 47.4 Å². The quantitative estimate of drug-likeness (QED) is 0.788. The van der Waals surface area contributed by atoms with Gasteiger partial charge in [0.25, 0.3) is 10.0 Å². The van der Waals surface area contributed by atoms with Crippen molar-refractivity contribution in [2.24, 2.45) is 0 Å². The third kappa shape index (κ3) is 3.02. The summed E-state index contributed by atoms with van der Waals surface area (Å²) in [5, 5.41) is 11.5. The Labute approximate surface area is 132 Å². The van der Waals surface area contributed by atoms with Crippen LogP contribution in [-0.4, -0.2) is 25.4 Å². The highest BCUT2D eigenvalue weighted by atomic mass is 32.2. The first-order chi connectivity index (χ1) is 10.8. The first-order valence-electron chi connectivity index (χ1n) is 6.64. The zero-order valence-corrected chi connectivity index (χ0v) is 12.6. The number of aromatic carboxylic acids is 1. The van der Waals surface area contributed by atoms with Crippen LogP contribution in [0.25, 0.3) is 0 Å². The molecule has 0 aliphatic carbocycles. The molecule has 0 aromatic heterocycles. The van der Waals surface area contributed by atoms with E-state index in [1.54, 1.807) is 18.2 Å². The summed E-state index contributed by atoms with van der Waals surface area (Å²) in [5.74, 6) is -1.26. The second-order valence-electron chi connectivity index (χ2n) is 5.03. The summed E-state index contributed by atoms with van der Waals surface area (Å²) in [6.45, 7) is 0. The van der Waals surface area contributed by atoms with E-state index in [-0.39, 0.29) is 22.8 Å². The molecule has 3 rings (SSSR count). The van der Waals surface area contributed by atoms with Gasteiger partial charge in [-0.05, 0) is 48.0 Å². The summed E-state index contributed by atoms with van der Waals surface area (Å²) < 4.78 is 27.0. The maximum Gasteiger partial charge on any atom is 0.335 e. The molecule has 23 heavy (non-hydrogen) atoms. The first-order valence-corrected chi connectivity index (χ1v) is 8.12. The molecule has 1 aliphatic rings. The molecule has 0 atom stereocenters. The van der Waals surface area contributed by atoms with Gasteiger partial charge in [-0.3, -0.25) is 9.52 Å². The monoisotopic (exact) mass is 332 g/mol. The van der Waals surface area contributed by atoms with Gasteiger partial charge >= 0.3 is 5.97 Å². The summed E-state index contributed by atoms with van der Waals surface area (Å²) >= 11 is 0. The third-order valence-electron chi connectivity index (χ3n) is 3.39. The molecule has 0 spiro atoms. The molecule has 2 aromatic carbocycles. The molecule has 8 heteroatoms. The van der Waals surface area contributed by atoms with Crippen LogP contribution in [0, 0.1) is 0 Å². The van der Waals surface area contributed by atoms with Crippen LogP contribution in [0.2, 0.25) is 0 Å². The fourth-order valence-electron chi connectivity index (χ4n) is 2.28. The molecule has 7 nitrogen and oxygen atoms in total. The van der Waals surface area contributed by atoms with Crippen molar-refractivity contribution in [2.75, 3.05) is 10.0 Å². The average molecular weight is 332 g/mol. The summed E-state index contributed by atoms with van der Waals surface area (Å²) in [5.41, 5.74) is 1.73. The summed E-state index contributed by atoms with van der Waals surface area (Å²) in [6, 6.07) is 9.68. The number of carboxylic acids is 1. The molecule has 1 aliphatic heterocycles. The van der Waals surface area contributed by atoms with E-state index in [4.69, 9.17) is 5.11 Å². The summed E-state index contributed by atoms with van der Waals surface area (Å²) in [4.78, 5) is 22.1. The number of hydrogen-bond acceptors (Lipinski definition) is 4. The van der Waals surface area contributed by atoms with Crippen molar-refractivity contribution in [3.63, 3.8) is 0 Å². The predicted octanol–water partition coefficient (Wildman–Crippen LogP) is 1.68. The zero-order valence-electron chi connectivity index (χ0n) is 11.7. The number of sulfonamides is 1. The van der Waals surface area contributed by atoms with Crippen LogP contribution >= 0.6 is 0 Å². The molecule has 118 valence electrons. The van der Waals surface area contributed by atoms with Crippen LogP contribution in [0.1, 0.15) is 15.9 Å². The maximum absolute atomic E-state index is 12.3. The van der Waals surface area contributed by atoms with E-state index in [0.717, 1.165) is 5.56 Å². The molecule has 0 radical (unpaired) electrons. The van der Waals surface area contributed by atoms with Crippen molar-refractivity contribution in [3.8, 4) is 0 Å². The van der Waals surface area contributed by atoms with E-state index < -0.39 is 16.0 Å². The molecular formula is C15H12N2O5S. The fourth-order valence-corrected chi connectivity index (χ4v) is 3.33. The van der Waals surface area contributed by atoms with Crippen molar-refractivity contribution in [3.05, 3.63) is 53.6 Å². The van der Waals surface area contributed by atoms with Gasteiger partial charge in [-0.1, -0.05) is 0 Å². The van der Waals surface area contributed by atoms with E-state index >= 15 is 0 Å². The Morgan fingerprint density at radius 1 is 1.13 bits per heavy atom. The lowest BCUT2D eigenvalue weighted by Gasteiger charge is -2.09. The van der Waals surface area contributed by atoms with Crippen molar-refractivity contribution in [1.82, 2.24) is 0 Å². The Morgan fingerprint density at radius 2 is 1.83 bits per heavy atom. The lowest BCUT2D eigenvalue weighted by molar-refractivity contribution is -0.115. The van der Waals surface area contributed by atoms with Gasteiger partial charge in [0.15, 0.2) is 0 Å². The van der Waals surface area contributed by atoms with E-state index in [1.807, 2.05) is 0 Å². The van der Waals surface area contributed by atoms with Gasteiger partial charge in [-0.25, -0.2) is 13.2 Å². The molecule has 0 unspecified atom stereocenters. The van der Waals surface area contributed by atoms with Gasteiger partial charge in [0, 0.05) is 11.4 Å². The van der Waals surface area contributed by atoms with Gasteiger partial charge in [-0.15, -0.1) is 0 Å². The van der Waals surface area contributed by atoms with E-state index in [1.165, 1.54) is 24.3 Å². The lowest BCUT2D eigenvalue weighted by atomic mass is 10.1. The normalized spacial score (nSPS) is 13.3. The SMILES string of the molecule is O=C1Cc2cc(NS(=O)(=O)c3ccc(C(=O)O)cc3)ccc2N1. The number of carboxylic acid groups (broad SMARTS) is 1. The van der Waals surface area contributed by atoms with E-state index in [2.05, 4.69) is 10.0 Å². The highest BCUT2D eigenvalue weighted by Gasteiger charge is 2.20. The number of fused-ring (bicyclic) bond motifs is 1.